The smallest absolute Gasteiger partial charge is 0.341 e. The highest BCUT2D eigenvalue weighted by Gasteiger charge is 2.26. The molecule has 2 heterocycles. The predicted octanol–water partition coefficient (Wildman–Crippen LogP) is 3.58. The first-order valence-corrected chi connectivity index (χ1v) is 8.39. The zero-order valence-corrected chi connectivity index (χ0v) is 14.4. The lowest BCUT2D eigenvalue weighted by molar-refractivity contribution is 0.0270. The van der Waals surface area contributed by atoms with Gasteiger partial charge in [0.05, 0.1) is 6.20 Å². The number of halogens is 1. The number of carbonyl (C=O) groups is 1. The summed E-state index contributed by atoms with van der Waals surface area (Å²) in [7, 11) is 1.81. The van der Waals surface area contributed by atoms with Crippen molar-refractivity contribution in [1.29, 1.82) is 0 Å². The van der Waals surface area contributed by atoms with Crippen molar-refractivity contribution in [3.63, 3.8) is 0 Å². The molecule has 124 valence electrons. The van der Waals surface area contributed by atoms with Crippen LogP contribution in [0, 0.1) is 6.92 Å². The molecular formula is C18H18ClN3O2. The van der Waals surface area contributed by atoms with Gasteiger partial charge >= 0.3 is 5.97 Å². The number of aromatic amines is 1. The zero-order valence-electron chi connectivity index (χ0n) is 13.6. The molecule has 4 rings (SSSR count). The number of esters is 1. The fourth-order valence-corrected chi connectivity index (χ4v) is 3.54. The number of benzene rings is 1. The summed E-state index contributed by atoms with van der Waals surface area (Å²) in [6, 6.07) is 5.85. The average Bonchev–Trinajstić information content (AvgIpc) is 3.08. The van der Waals surface area contributed by atoms with Gasteiger partial charge in [0.15, 0.2) is 0 Å². The summed E-state index contributed by atoms with van der Waals surface area (Å²) >= 11 is 6.13. The molecule has 5 nitrogen and oxygen atoms in total. The van der Waals surface area contributed by atoms with E-state index in [1.165, 1.54) is 11.3 Å². The first-order chi connectivity index (χ1) is 11.5. The first-order valence-electron chi connectivity index (χ1n) is 8.01. The molecule has 0 aliphatic heterocycles. The number of hydrogen-bond donors (Lipinski definition) is 1. The Labute approximate surface area is 144 Å². The van der Waals surface area contributed by atoms with E-state index in [1.807, 2.05) is 32.2 Å². The monoisotopic (exact) mass is 343 g/mol. The fraction of sp³-hybridized carbons (Fsp3) is 0.333. The third-order valence-corrected chi connectivity index (χ3v) is 5.07. The molecule has 0 amide bonds. The van der Waals surface area contributed by atoms with E-state index in [0.29, 0.717) is 12.0 Å². The van der Waals surface area contributed by atoms with Crippen LogP contribution >= 0.6 is 11.6 Å². The molecule has 0 saturated heterocycles. The molecule has 1 aromatic carbocycles. The van der Waals surface area contributed by atoms with Crippen LogP contribution < -0.4 is 0 Å². The molecule has 1 aliphatic rings. The second-order valence-corrected chi connectivity index (χ2v) is 6.75. The number of ether oxygens (including phenoxy) is 1. The van der Waals surface area contributed by atoms with E-state index in [-0.39, 0.29) is 12.1 Å². The third-order valence-electron chi connectivity index (χ3n) is 4.83. The number of nitrogens with zero attached hydrogens (tertiary/aromatic N) is 2. The summed E-state index contributed by atoms with van der Waals surface area (Å²) in [6.45, 7) is 1.87. The molecule has 0 saturated carbocycles. The molecule has 6 heteroatoms. The summed E-state index contributed by atoms with van der Waals surface area (Å²) in [6.07, 6.45) is 3.84. The van der Waals surface area contributed by atoms with E-state index >= 15 is 0 Å². The number of rotatable bonds is 2. The number of aromatic nitrogens is 3. The Balaban J connectivity index is 1.58. The Morgan fingerprint density at radius 2 is 2.29 bits per heavy atom. The number of fused-ring (bicyclic) bond motifs is 3. The Hall–Kier alpha value is -2.27. The minimum atomic E-state index is -0.299. The van der Waals surface area contributed by atoms with Gasteiger partial charge in [-0.2, -0.15) is 5.10 Å². The highest BCUT2D eigenvalue weighted by molar-refractivity contribution is 6.31. The lowest BCUT2D eigenvalue weighted by Crippen LogP contribution is -2.25. The maximum absolute atomic E-state index is 12.4. The molecule has 0 spiro atoms. The minimum Gasteiger partial charge on any atom is -0.458 e. The molecule has 0 bridgehead atoms. The van der Waals surface area contributed by atoms with Crippen LogP contribution in [0.25, 0.3) is 10.9 Å². The zero-order chi connectivity index (χ0) is 16.8. The van der Waals surface area contributed by atoms with Crippen molar-refractivity contribution < 1.29 is 9.53 Å². The number of aryl methyl sites for hydroxylation is 2. The highest BCUT2D eigenvalue weighted by atomic mass is 35.5. The molecular weight excluding hydrogens is 326 g/mol. The van der Waals surface area contributed by atoms with Crippen LogP contribution in [-0.4, -0.2) is 26.8 Å². The quantitative estimate of drug-likeness (QED) is 0.723. The van der Waals surface area contributed by atoms with Gasteiger partial charge < -0.3 is 9.72 Å². The predicted molar refractivity (Wildman–Crippen MR) is 92.5 cm³/mol. The molecule has 0 radical (unpaired) electrons. The molecule has 1 atom stereocenters. The Morgan fingerprint density at radius 3 is 3.04 bits per heavy atom. The number of nitrogens with one attached hydrogen (secondary N) is 1. The molecule has 0 unspecified atom stereocenters. The topological polar surface area (TPSA) is 59.9 Å². The second-order valence-electron chi connectivity index (χ2n) is 6.31. The van der Waals surface area contributed by atoms with E-state index in [1.54, 1.807) is 10.9 Å². The number of carbonyl (C=O) groups excluding carboxylic acids is 1. The normalized spacial score (nSPS) is 17.0. The van der Waals surface area contributed by atoms with Crippen LogP contribution in [-0.2, 0) is 24.6 Å². The first kappa shape index (κ1) is 15.3. The number of hydrogen-bond acceptors (Lipinski definition) is 3. The standard InChI is InChI=1S/C18H18ClN3O2/c1-10-15(9-20-22(10)2)18(23)24-12-4-6-17-14(8-12)13-7-11(19)3-5-16(13)21-17/h3,5,7,9,12,21H,4,6,8H2,1-2H3/t12-/m1/s1. The average molecular weight is 344 g/mol. The van der Waals surface area contributed by atoms with Crippen LogP contribution in [0.4, 0.5) is 0 Å². The van der Waals surface area contributed by atoms with Crippen molar-refractivity contribution in [1.82, 2.24) is 14.8 Å². The molecule has 1 N–H and O–H groups in total. The minimum absolute atomic E-state index is 0.123. The van der Waals surface area contributed by atoms with E-state index in [2.05, 4.69) is 10.1 Å². The molecule has 0 fully saturated rings. The third kappa shape index (κ3) is 2.49. The Morgan fingerprint density at radius 1 is 1.46 bits per heavy atom. The van der Waals surface area contributed by atoms with Gasteiger partial charge in [-0.1, -0.05) is 11.6 Å². The van der Waals surface area contributed by atoms with Gasteiger partial charge in [0.1, 0.15) is 11.7 Å². The van der Waals surface area contributed by atoms with E-state index in [9.17, 15) is 4.79 Å². The lowest BCUT2D eigenvalue weighted by Gasteiger charge is -2.22. The summed E-state index contributed by atoms with van der Waals surface area (Å²) in [5.74, 6) is -0.299. The van der Waals surface area contributed by atoms with Gasteiger partial charge in [-0.15, -0.1) is 0 Å². The van der Waals surface area contributed by atoms with Gasteiger partial charge in [-0.3, -0.25) is 4.68 Å². The van der Waals surface area contributed by atoms with Crippen molar-refractivity contribution >= 4 is 28.5 Å². The maximum Gasteiger partial charge on any atom is 0.341 e. The van der Waals surface area contributed by atoms with E-state index in [4.69, 9.17) is 16.3 Å². The van der Waals surface area contributed by atoms with Gasteiger partial charge in [0.25, 0.3) is 0 Å². The van der Waals surface area contributed by atoms with Crippen molar-refractivity contribution in [2.75, 3.05) is 0 Å². The summed E-state index contributed by atoms with van der Waals surface area (Å²) < 4.78 is 7.42. The van der Waals surface area contributed by atoms with Gasteiger partial charge in [-0.05, 0) is 43.5 Å². The summed E-state index contributed by atoms with van der Waals surface area (Å²) in [5, 5.41) is 5.94. The molecule has 1 aliphatic carbocycles. The summed E-state index contributed by atoms with van der Waals surface area (Å²) in [5.41, 5.74) is 4.86. The van der Waals surface area contributed by atoms with E-state index < -0.39 is 0 Å². The second kappa shape index (κ2) is 5.67. The van der Waals surface area contributed by atoms with E-state index in [0.717, 1.165) is 34.5 Å². The van der Waals surface area contributed by atoms with Crippen molar-refractivity contribution in [3.05, 3.63) is 51.9 Å². The maximum atomic E-state index is 12.4. The highest BCUT2D eigenvalue weighted by Crippen LogP contribution is 2.32. The SMILES string of the molecule is Cc1c(C(=O)O[C@@H]2CCc3[nH]c4ccc(Cl)cc4c3C2)cnn1C. The molecule has 24 heavy (non-hydrogen) atoms. The van der Waals surface area contributed by atoms with Gasteiger partial charge in [-0.25, -0.2) is 4.79 Å². The molecule has 3 aromatic rings. The van der Waals surface area contributed by atoms with Crippen molar-refractivity contribution in [3.8, 4) is 0 Å². The van der Waals surface area contributed by atoms with Gasteiger partial charge in [0, 0.05) is 40.8 Å². The number of H-pyrrole nitrogens is 1. The van der Waals surface area contributed by atoms with Crippen LogP contribution in [0.2, 0.25) is 5.02 Å². The molecule has 2 aromatic heterocycles. The van der Waals surface area contributed by atoms with Crippen LogP contribution in [0.15, 0.2) is 24.4 Å². The largest absolute Gasteiger partial charge is 0.458 e. The Kier molecular flexibility index (Phi) is 3.61. The lowest BCUT2D eigenvalue weighted by atomic mass is 9.93. The summed E-state index contributed by atoms with van der Waals surface area (Å²) in [4.78, 5) is 15.9. The Bertz CT molecular complexity index is 941. The van der Waals surface area contributed by atoms with Crippen LogP contribution in [0.1, 0.15) is 33.7 Å². The van der Waals surface area contributed by atoms with Crippen molar-refractivity contribution in [2.45, 2.75) is 32.3 Å². The van der Waals surface area contributed by atoms with Crippen LogP contribution in [0.3, 0.4) is 0 Å². The van der Waals surface area contributed by atoms with Crippen LogP contribution in [0.5, 0.6) is 0 Å². The van der Waals surface area contributed by atoms with Gasteiger partial charge in [0.2, 0.25) is 0 Å². The van der Waals surface area contributed by atoms with Crippen molar-refractivity contribution in [2.24, 2.45) is 7.05 Å². The fourth-order valence-electron chi connectivity index (χ4n) is 3.37.